The lowest BCUT2D eigenvalue weighted by molar-refractivity contribution is -0.153. The molecule has 2 rings (SSSR count). The van der Waals surface area contributed by atoms with E-state index >= 15 is 0 Å². The van der Waals surface area contributed by atoms with Crippen LogP contribution in [-0.2, 0) is 18.9 Å². The summed E-state index contributed by atoms with van der Waals surface area (Å²) < 4.78 is 23.8. The van der Waals surface area contributed by atoms with Gasteiger partial charge in [0, 0.05) is 5.41 Å². The predicted molar refractivity (Wildman–Crippen MR) is 119 cm³/mol. The van der Waals surface area contributed by atoms with Crippen molar-refractivity contribution in [3.63, 3.8) is 0 Å². The highest BCUT2D eigenvalue weighted by Gasteiger charge is 2.57. The fourth-order valence-corrected chi connectivity index (χ4v) is 5.12. The van der Waals surface area contributed by atoms with Crippen LogP contribution in [0.15, 0.2) is 0 Å². The summed E-state index contributed by atoms with van der Waals surface area (Å²) in [5.74, 6) is 3.04. The summed E-state index contributed by atoms with van der Waals surface area (Å²) in [6, 6.07) is 0. The minimum Gasteiger partial charge on any atom is -0.355 e. The number of rotatable bonds is 14. The van der Waals surface area contributed by atoms with E-state index in [1.54, 1.807) is 0 Å². The van der Waals surface area contributed by atoms with E-state index in [0.717, 1.165) is 57.0 Å². The van der Waals surface area contributed by atoms with E-state index in [0.29, 0.717) is 19.5 Å². The monoisotopic (exact) mass is 412 g/mol. The molecular weight excluding hydrogens is 364 g/mol. The van der Waals surface area contributed by atoms with Crippen LogP contribution < -0.4 is 0 Å². The Balaban J connectivity index is 1.83. The van der Waals surface area contributed by atoms with Gasteiger partial charge in [-0.3, -0.25) is 0 Å². The second-order valence-electron chi connectivity index (χ2n) is 11.6. The van der Waals surface area contributed by atoms with Crippen molar-refractivity contribution in [1.29, 1.82) is 0 Å². The molecule has 0 N–H and O–H groups in total. The summed E-state index contributed by atoms with van der Waals surface area (Å²) in [4.78, 5) is 0. The summed E-state index contributed by atoms with van der Waals surface area (Å²) in [5.41, 5.74) is 0.540. The number of fused-ring (bicyclic) bond motifs is 2. The van der Waals surface area contributed by atoms with Crippen LogP contribution in [0.25, 0.3) is 0 Å². The number of hydrogen-bond acceptors (Lipinski definition) is 4. The SMILES string of the molecule is CCC(C)(C)COCOCC1(COCOCC(C)(C)CC)CC2CC1C(C)C2C. The average Bonchev–Trinajstić information content (AvgIpc) is 3.18. The third-order valence-electron chi connectivity index (χ3n) is 8.23. The smallest absolute Gasteiger partial charge is 0.146 e. The molecule has 4 nitrogen and oxygen atoms in total. The molecule has 4 unspecified atom stereocenters. The van der Waals surface area contributed by atoms with E-state index in [1.165, 1.54) is 12.8 Å². The fraction of sp³-hybridized carbons (Fsp3) is 1.00. The van der Waals surface area contributed by atoms with E-state index in [-0.39, 0.29) is 16.2 Å². The second-order valence-corrected chi connectivity index (χ2v) is 11.6. The van der Waals surface area contributed by atoms with Crippen LogP contribution in [-0.4, -0.2) is 40.0 Å². The molecule has 2 aliphatic carbocycles. The van der Waals surface area contributed by atoms with E-state index in [9.17, 15) is 0 Å². The first-order chi connectivity index (χ1) is 13.6. The first-order valence-electron chi connectivity index (χ1n) is 11.9. The standard InChI is InChI=1S/C25H48O4/c1-9-23(5,6)13-26-17-28-15-25(12-21-11-22(25)20(4)19(21)3)16-29-18-27-14-24(7,8)10-2/h19-22H,9-18H2,1-8H3. The van der Waals surface area contributed by atoms with E-state index in [2.05, 4.69) is 55.4 Å². The Morgan fingerprint density at radius 2 is 1.24 bits per heavy atom. The molecule has 0 aromatic rings. The Morgan fingerprint density at radius 1 is 0.759 bits per heavy atom. The lowest BCUT2D eigenvalue weighted by Crippen LogP contribution is -2.43. The second kappa shape index (κ2) is 10.4. The highest BCUT2D eigenvalue weighted by molar-refractivity contribution is 5.05. The fourth-order valence-electron chi connectivity index (χ4n) is 5.12. The predicted octanol–water partition coefficient (Wildman–Crippen LogP) is 6.14. The van der Waals surface area contributed by atoms with Gasteiger partial charge >= 0.3 is 0 Å². The molecule has 2 saturated carbocycles. The summed E-state index contributed by atoms with van der Waals surface area (Å²) in [6.45, 7) is 21.9. The lowest BCUT2D eigenvalue weighted by Gasteiger charge is -2.42. The van der Waals surface area contributed by atoms with E-state index in [1.807, 2.05) is 0 Å². The van der Waals surface area contributed by atoms with Gasteiger partial charge in [-0.2, -0.15) is 0 Å². The van der Waals surface area contributed by atoms with E-state index < -0.39 is 0 Å². The summed E-state index contributed by atoms with van der Waals surface area (Å²) >= 11 is 0. The first-order valence-corrected chi connectivity index (χ1v) is 11.9. The molecule has 172 valence electrons. The van der Waals surface area contributed by atoms with Gasteiger partial charge in [0.2, 0.25) is 0 Å². The third kappa shape index (κ3) is 6.66. The van der Waals surface area contributed by atoms with Crippen LogP contribution >= 0.6 is 0 Å². The maximum Gasteiger partial charge on any atom is 0.146 e. The van der Waals surface area contributed by atoms with Crippen molar-refractivity contribution in [3.05, 3.63) is 0 Å². The van der Waals surface area contributed by atoms with Crippen molar-refractivity contribution in [2.45, 2.75) is 81.1 Å². The van der Waals surface area contributed by atoms with Crippen LogP contribution in [0.1, 0.15) is 81.1 Å². The van der Waals surface area contributed by atoms with Gasteiger partial charge in [0.05, 0.1) is 26.4 Å². The quantitative estimate of drug-likeness (QED) is 0.254. The highest BCUT2D eigenvalue weighted by atomic mass is 16.7. The topological polar surface area (TPSA) is 36.9 Å². The summed E-state index contributed by atoms with van der Waals surface area (Å²) in [5, 5.41) is 0. The molecule has 29 heavy (non-hydrogen) atoms. The Labute approximate surface area is 180 Å². The molecule has 2 aliphatic rings. The van der Waals surface area contributed by atoms with E-state index in [4.69, 9.17) is 18.9 Å². The molecule has 0 aromatic heterocycles. The molecule has 0 saturated heterocycles. The first kappa shape index (κ1) is 25.1. The minimum atomic E-state index is 0.115. The average molecular weight is 413 g/mol. The molecule has 0 aliphatic heterocycles. The van der Waals surface area contributed by atoms with Crippen molar-refractivity contribution in [2.75, 3.05) is 40.0 Å². The van der Waals surface area contributed by atoms with Crippen molar-refractivity contribution in [1.82, 2.24) is 0 Å². The van der Waals surface area contributed by atoms with Gasteiger partial charge in [-0.25, -0.2) is 0 Å². The van der Waals surface area contributed by atoms with Gasteiger partial charge < -0.3 is 18.9 Å². The van der Waals surface area contributed by atoms with Gasteiger partial charge in [0.25, 0.3) is 0 Å². The number of hydrogen-bond donors (Lipinski definition) is 0. The van der Waals surface area contributed by atoms with Crippen molar-refractivity contribution < 1.29 is 18.9 Å². The Kier molecular flexibility index (Phi) is 9.03. The van der Waals surface area contributed by atoms with Crippen LogP contribution in [0, 0.1) is 39.9 Å². The number of ether oxygens (including phenoxy) is 4. The molecule has 4 heteroatoms. The zero-order chi connectivity index (χ0) is 21.7. The zero-order valence-electron chi connectivity index (χ0n) is 20.5. The summed E-state index contributed by atoms with van der Waals surface area (Å²) in [7, 11) is 0. The van der Waals surface area contributed by atoms with Crippen molar-refractivity contribution in [2.24, 2.45) is 39.9 Å². The highest BCUT2D eigenvalue weighted by Crippen LogP contribution is 2.61. The van der Waals surface area contributed by atoms with Crippen LogP contribution in [0.4, 0.5) is 0 Å². The van der Waals surface area contributed by atoms with Gasteiger partial charge in [-0.05, 0) is 60.2 Å². The Bertz CT molecular complexity index is 459. The molecule has 0 heterocycles. The van der Waals surface area contributed by atoms with Crippen LogP contribution in [0.3, 0.4) is 0 Å². The van der Waals surface area contributed by atoms with Gasteiger partial charge in [-0.1, -0.05) is 55.4 Å². The Morgan fingerprint density at radius 3 is 1.62 bits per heavy atom. The molecule has 0 aromatic carbocycles. The normalized spacial score (nSPS) is 29.0. The molecule has 0 spiro atoms. The van der Waals surface area contributed by atoms with Gasteiger partial charge in [-0.15, -0.1) is 0 Å². The van der Waals surface area contributed by atoms with Crippen molar-refractivity contribution in [3.8, 4) is 0 Å². The van der Waals surface area contributed by atoms with Crippen LogP contribution in [0.2, 0.25) is 0 Å². The van der Waals surface area contributed by atoms with Gasteiger partial charge in [0.1, 0.15) is 13.6 Å². The molecule has 2 fully saturated rings. The third-order valence-corrected chi connectivity index (χ3v) is 8.23. The maximum absolute atomic E-state index is 6.08. The minimum absolute atomic E-state index is 0.115. The lowest BCUT2D eigenvalue weighted by atomic mass is 9.66. The molecule has 0 radical (unpaired) electrons. The van der Waals surface area contributed by atoms with Crippen LogP contribution in [0.5, 0.6) is 0 Å². The summed E-state index contributed by atoms with van der Waals surface area (Å²) in [6.07, 6.45) is 4.75. The maximum atomic E-state index is 6.08. The Hall–Kier alpha value is -0.160. The van der Waals surface area contributed by atoms with Gasteiger partial charge in [0.15, 0.2) is 0 Å². The molecule has 2 bridgehead atoms. The zero-order valence-corrected chi connectivity index (χ0v) is 20.5. The molecular formula is C25H48O4. The molecule has 0 amide bonds. The van der Waals surface area contributed by atoms with Crippen molar-refractivity contribution >= 4 is 0 Å². The largest absolute Gasteiger partial charge is 0.355 e. The molecule has 4 atom stereocenters.